The molecule has 5 heteroatoms. The van der Waals surface area contributed by atoms with E-state index in [1.807, 2.05) is 48.5 Å². The summed E-state index contributed by atoms with van der Waals surface area (Å²) in [6.45, 7) is 4.20. The molecule has 0 fully saturated rings. The Morgan fingerprint density at radius 1 is 1.00 bits per heavy atom. The summed E-state index contributed by atoms with van der Waals surface area (Å²) >= 11 is 0. The third kappa shape index (κ3) is 3.36. The molecule has 5 nitrogen and oxygen atoms in total. The average Bonchev–Trinajstić information content (AvgIpc) is 3.23. The smallest absolute Gasteiger partial charge is 0.259 e. The first-order chi connectivity index (χ1) is 14.9. The third-order valence-electron chi connectivity index (χ3n) is 5.95. The number of ketones is 1. The van der Waals surface area contributed by atoms with E-state index in [4.69, 9.17) is 4.42 Å². The molecule has 0 saturated heterocycles. The van der Waals surface area contributed by atoms with Crippen LogP contribution in [0.5, 0.6) is 0 Å². The van der Waals surface area contributed by atoms with Crippen molar-refractivity contribution in [3.63, 3.8) is 0 Å². The van der Waals surface area contributed by atoms with Gasteiger partial charge in [0.25, 0.3) is 5.91 Å². The molecular weight excluding hydrogens is 388 g/mol. The molecule has 0 bridgehead atoms. The number of nitrogens with zero attached hydrogens (tertiary/aromatic N) is 1. The molecule has 1 aliphatic carbocycles. The molecule has 1 atom stereocenters. The van der Waals surface area contributed by atoms with E-state index in [0.717, 1.165) is 17.1 Å². The van der Waals surface area contributed by atoms with E-state index in [2.05, 4.69) is 19.2 Å². The second-order valence-electron chi connectivity index (χ2n) is 8.93. The predicted octanol–water partition coefficient (Wildman–Crippen LogP) is 5.74. The van der Waals surface area contributed by atoms with Crippen LogP contribution in [0.15, 0.2) is 88.7 Å². The van der Waals surface area contributed by atoms with E-state index in [9.17, 15) is 9.59 Å². The van der Waals surface area contributed by atoms with E-state index < -0.39 is 6.04 Å². The first-order valence-corrected chi connectivity index (χ1v) is 10.5. The molecular formula is C26H24N2O3. The number of anilines is 2. The number of allylic oxidation sites excluding steroid dienone is 1. The Bertz CT molecular complexity index is 1180. The lowest BCUT2D eigenvalue weighted by Gasteiger charge is -2.36. The standard InChI is InChI=1S/C26H24N2O3/c1-26(2)15-19-23(21(29)16-26)24(22-13-8-14-31-22)28(20-12-7-6-11-18(20)27-19)25(30)17-9-4-3-5-10-17/h3-14,24,27H,15-16H2,1-2H3/t24-/m1/s1. The monoisotopic (exact) mass is 412 g/mol. The second kappa shape index (κ2) is 7.27. The van der Waals surface area contributed by atoms with Gasteiger partial charge in [0.1, 0.15) is 11.8 Å². The number of furan rings is 1. The van der Waals surface area contributed by atoms with Gasteiger partial charge < -0.3 is 9.73 Å². The highest BCUT2D eigenvalue weighted by atomic mass is 16.3. The fourth-order valence-corrected chi connectivity index (χ4v) is 4.65. The van der Waals surface area contributed by atoms with Gasteiger partial charge in [0.2, 0.25) is 0 Å². The summed E-state index contributed by atoms with van der Waals surface area (Å²) in [6, 6.07) is 19.8. The summed E-state index contributed by atoms with van der Waals surface area (Å²) in [6.07, 6.45) is 2.73. The van der Waals surface area contributed by atoms with Crippen molar-refractivity contribution in [2.75, 3.05) is 10.2 Å². The van der Waals surface area contributed by atoms with Crippen molar-refractivity contribution in [1.29, 1.82) is 0 Å². The van der Waals surface area contributed by atoms with Gasteiger partial charge in [0.15, 0.2) is 5.78 Å². The molecule has 0 saturated carbocycles. The molecule has 0 unspecified atom stereocenters. The number of rotatable bonds is 2. The average molecular weight is 412 g/mol. The fourth-order valence-electron chi connectivity index (χ4n) is 4.65. The number of Topliss-reactive ketones (excluding diaryl/α,β-unsaturated/α-hetero) is 1. The number of hydrogen-bond acceptors (Lipinski definition) is 4. The maximum atomic E-state index is 13.9. The van der Waals surface area contributed by atoms with E-state index in [1.54, 1.807) is 29.4 Å². The summed E-state index contributed by atoms with van der Waals surface area (Å²) in [4.78, 5) is 29.0. The molecule has 1 aliphatic heterocycles. The van der Waals surface area contributed by atoms with Crippen LogP contribution in [0.25, 0.3) is 0 Å². The van der Waals surface area contributed by atoms with Crippen LogP contribution in [0.2, 0.25) is 0 Å². The highest BCUT2D eigenvalue weighted by Gasteiger charge is 2.44. The molecule has 2 aliphatic rings. The molecule has 31 heavy (non-hydrogen) atoms. The van der Waals surface area contributed by atoms with Gasteiger partial charge in [-0.1, -0.05) is 44.2 Å². The van der Waals surface area contributed by atoms with E-state index in [1.165, 1.54) is 0 Å². The quantitative estimate of drug-likeness (QED) is 0.583. The number of nitrogens with one attached hydrogen (secondary N) is 1. The Balaban J connectivity index is 1.78. The van der Waals surface area contributed by atoms with Crippen LogP contribution in [0.4, 0.5) is 11.4 Å². The molecule has 2 aromatic carbocycles. The minimum Gasteiger partial charge on any atom is -0.467 e. The van der Waals surface area contributed by atoms with Gasteiger partial charge in [-0.05, 0) is 48.2 Å². The summed E-state index contributed by atoms with van der Waals surface area (Å²) in [7, 11) is 0. The molecule has 5 rings (SSSR count). The predicted molar refractivity (Wildman–Crippen MR) is 120 cm³/mol. The van der Waals surface area contributed by atoms with E-state index in [-0.39, 0.29) is 17.1 Å². The number of hydrogen-bond donors (Lipinski definition) is 1. The lowest BCUT2D eigenvalue weighted by molar-refractivity contribution is -0.118. The van der Waals surface area contributed by atoms with Gasteiger partial charge in [0, 0.05) is 23.3 Å². The second-order valence-corrected chi connectivity index (χ2v) is 8.93. The SMILES string of the molecule is CC1(C)CC(=O)C2=C(C1)Nc1ccccc1N(C(=O)c1ccccc1)[C@@H]2c1ccco1. The van der Waals surface area contributed by atoms with Crippen LogP contribution >= 0.6 is 0 Å². The lowest BCUT2D eigenvalue weighted by Crippen LogP contribution is -2.39. The zero-order valence-corrected chi connectivity index (χ0v) is 17.6. The Labute approximate surface area is 181 Å². The highest BCUT2D eigenvalue weighted by Crippen LogP contribution is 2.48. The minimum absolute atomic E-state index is 0.0406. The van der Waals surface area contributed by atoms with E-state index >= 15 is 0 Å². The molecule has 1 aromatic heterocycles. The van der Waals surface area contributed by atoms with Crippen molar-refractivity contribution in [2.45, 2.75) is 32.7 Å². The molecule has 156 valence electrons. The zero-order valence-electron chi connectivity index (χ0n) is 17.6. The molecule has 2 heterocycles. The number of para-hydroxylation sites is 2. The Morgan fingerprint density at radius 2 is 1.74 bits per heavy atom. The Morgan fingerprint density at radius 3 is 2.48 bits per heavy atom. The van der Waals surface area contributed by atoms with Crippen molar-refractivity contribution in [2.24, 2.45) is 5.41 Å². The topological polar surface area (TPSA) is 62.6 Å². The summed E-state index contributed by atoms with van der Waals surface area (Å²) in [5, 5.41) is 3.50. The van der Waals surface area contributed by atoms with Gasteiger partial charge in [0.05, 0.1) is 17.6 Å². The number of fused-ring (bicyclic) bond motifs is 1. The molecule has 3 aromatic rings. The third-order valence-corrected chi connectivity index (χ3v) is 5.95. The molecule has 0 radical (unpaired) electrons. The minimum atomic E-state index is -0.641. The van der Waals surface area contributed by atoms with Crippen LogP contribution in [-0.4, -0.2) is 11.7 Å². The zero-order chi connectivity index (χ0) is 21.6. The van der Waals surface area contributed by atoms with Crippen LogP contribution < -0.4 is 10.2 Å². The number of benzene rings is 2. The normalized spacial score (nSPS) is 19.9. The summed E-state index contributed by atoms with van der Waals surface area (Å²) in [5.74, 6) is 0.435. The molecule has 1 amide bonds. The van der Waals surface area contributed by atoms with Crippen molar-refractivity contribution < 1.29 is 14.0 Å². The van der Waals surface area contributed by atoms with Gasteiger partial charge in [-0.15, -0.1) is 0 Å². The Kier molecular flexibility index (Phi) is 4.54. The summed E-state index contributed by atoms with van der Waals surface area (Å²) in [5.41, 5.74) is 3.38. The molecule has 0 spiro atoms. The van der Waals surface area contributed by atoms with Crippen molar-refractivity contribution in [3.8, 4) is 0 Å². The number of amides is 1. The highest BCUT2D eigenvalue weighted by molar-refractivity contribution is 6.11. The van der Waals surface area contributed by atoms with Crippen LogP contribution in [0.3, 0.4) is 0 Å². The van der Waals surface area contributed by atoms with Crippen molar-refractivity contribution in [3.05, 3.63) is 95.6 Å². The van der Waals surface area contributed by atoms with Crippen LogP contribution in [0.1, 0.15) is 48.8 Å². The van der Waals surface area contributed by atoms with Crippen LogP contribution in [0, 0.1) is 5.41 Å². The van der Waals surface area contributed by atoms with Gasteiger partial charge in [-0.3, -0.25) is 14.5 Å². The van der Waals surface area contributed by atoms with Crippen molar-refractivity contribution >= 4 is 23.1 Å². The van der Waals surface area contributed by atoms with Crippen molar-refractivity contribution in [1.82, 2.24) is 0 Å². The number of carbonyl (C=O) groups is 2. The van der Waals surface area contributed by atoms with Gasteiger partial charge >= 0.3 is 0 Å². The first kappa shape index (κ1) is 19.4. The number of carbonyl (C=O) groups excluding carboxylic acids is 2. The largest absolute Gasteiger partial charge is 0.467 e. The maximum Gasteiger partial charge on any atom is 0.259 e. The summed E-state index contributed by atoms with van der Waals surface area (Å²) < 4.78 is 5.80. The van der Waals surface area contributed by atoms with Crippen LogP contribution in [-0.2, 0) is 4.79 Å². The fraction of sp³-hybridized carbons (Fsp3) is 0.231. The molecule has 1 N–H and O–H groups in total. The Hall–Kier alpha value is -3.60. The van der Waals surface area contributed by atoms with Gasteiger partial charge in [-0.2, -0.15) is 0 Å². The lowest BCUT2D eigenvalue weighted by atomic mass is 9.74. The van der Waals surface area contributed by atoms with E-state index in [0.29, 0.717) is 29.7 Å². The van der Waals surface area contributed by atoms with Gasteiger partial charge in [-0.25, -0.2) is 0 Å². The maximum absolute atomic E-state index is 13.9. The first-order valence-electron chi connectivity index (χ1n) is 10.5.